The number of nitrogens with one attached hydrogen (secondary N) is 1. The zero-order chi connectivity index (χ0) is 19.4. The highest BCUT2D eigenvalue weighted by Crippen LogP contribution is 2.24. The number of nitrogens with zero attached hydrogens (tertiary/aromatic N) is 3. The number of aromatic nitrogens is 2. The molecular weight excluding hydrogens is 354 g/mol. The Bertz CT molecular complexity index is 816. The number of benzene rings is 1. The van der Waals surface area contributed by atoms with Crippen molar-refractivity contribution in [2.45, 2.75) is 38.5 Å². The molecule has 0 bridgehead atoms. The minimum Gasteiger partial charge on any atom is -0.379 e. The van der Waals surface area contributed by atoms with E-state index in [0.29, 0.717) is 37.2 Å². The predicted octanol–water partition coefficient (Wildman–Crippen LogP) is 1.71. The molecule has 0 unspecified atom stereocenters. The van der Waals surface area contributed by atoms with E-state index in [4.69, 9.17) is 0 Å². The molecule has 2 aromatic rings. The molecule has 27 heavy (non-hydrogen) atoms. The second-order valence-electron chi connectivity index (χ2n) is 6.86. The summed E-state index contributed by atoms with van der Waals surface area (Å²) in [6.07, 6.45) is 4.26. The highest BCUT2D eigenvalue weighted by molar-refractivity contribution is 5.86. The van der Waals surface area contributed by atoms with Crippen LogP contribution in [0.15, 0.2) is 30.6 Å². The van der Waals surface area contributed by atoms with Gasteiger partial charge in [-0.3, -0.25) is 14.8 Å². The van der Waals surface area contributed by atoms with E-state index in [1.54, 1.807) is 12.4 Å². The Hall–Kier alpha value is -2.45. The summed E-state index contributed by atoms with van der Waals surface area (Å²) in [7, 11) is 0. The molecule has 1 amide bonds. The number of hydrogen-bond acceptors (Lipinski definition) is 5. The quantitative estimate of drug-likeness (QED) is 0.803. The van der Waals surface area contributed by atoms with Crippen LogP contribution in [0.1, 0.15) is 29.8 Å². The number of carbonyl (C=O) groups is 1. The van der Waals surface area contributed by atoms with Crippen LogP contribution in [0.5, 0.6) is 0 Å². The summed E-state index contributed by atoms with van der Waals surface area (Å²) < 4.78 is 26.5. The molecule has 3 rings (SSSR count). The molecular formula is C19H22F2N4O2. The average Bonchev–Trinajstić information content (AvgIpc) is 2.64. The van der Waals surface area contributed by atoms with Gasteiger partial charge < -0.3 is 15.3 Å². The van der Waals surface area contributed by atoms with E-state index < -0.39 is 23.1 Å². The van der Waals surface area contributed by atoms with Gasteiger partial charge in [0.15, 0.2) is 17.2 Å². The van der Waals surface area contributed by atoms with Crippen LogP contribution >= 0.6 is 0 Å². The molecule has 1 saturated heterocycles. The van der Waals surface area contributed by atoms with Gasteiger partial charge in [0.1, 0.15) is 0 Å². The number of aliphatic hydroxyl groups is 1. The largest absolute Gasteiger partial charge is 0.379 e. The first kappa shape index (κ1) is 19.3. The molecule has 0 spiro atoms. The average molecular weight is 376 g/mol. The van der Waals surface area contributed by atoms with E-state index in [-0.39, 0.29) is 13.1 Å². The molecule has 2 heterocycles. The summed E-state index contributed by atoms with van der Waals surface area (Å²) in [6.45, 7) is 2.89. The van der Waals surface area contributed by atoms with Crippen molar-refractivity contribution in [3.63, 3.8) is 0 Å². The third kappa shape index (κ3) is 4.64. The fourth-order valence-corrected chi connectivity index (χ4v) is 3.15. The van der Waals surface area contributed by atoms with E-state index in [1.165, 1.54) is 11.0 Å². The number of amides is 1. The zero-order valence-electron chi connectivity index (χ0n) is 15.1. The van der Waals surface area contributed by atoms with Crippen molar-refractivity contribution in [1.29, 1.82) is 0 Å². The Kier molecular flexibility index (Phi) is 5.76. The number of rotatable bonds is 6. The molecule has 0 radical (unpaired) electrons. The van der Waals surface area contributed by atoms with Crippen LogP contribution in [0, 0.1) is 18.6 Å². The molecule has 1 aromatic heterocycles. The minimum atomic E-state index is -1.53. The summed E-state index contributed by atoms with van der Waals surface area (Å²) in [5.41, 5.74) is 0.475. The lowest BCUT2D eigenvalue weighted by molar-refractivity contribution is -0.157. The summed E-state index contributed by atoms with van der Waals surface area (Å²) >= 11 is 0. The molecule has 1 aliphatic rings. The Morgan fingerprint density at radius 3 is 2.78 bits per heavy atom. The molecule has 1 atom stereocenters. The van der Waals surface area contributed by atoms with Crippen molar-refractivity contribution in [3.05, 3.63) is 59.2 Å². The van der Waals surface area contributed by atoms with Crippen molar-refractivity contribution < 1.29 is 18.7 Å². The number of piperidine rings is 1. The van der Waals surface area contributed by atoms with E-state index in [0.717, 1.165) is 17.8 Å². The lowest BCUT2D eigenvalue weighted by Crippen LogP contribution is -2.57. The summed E-state index contributed by atoms with van der Waals surface area (Å²) in [5.74, 6) is -2.29. The molecule has 8 heteroatoms. The van der Waals surface area contributed by atoms with Crippen LogP contribution in [0.4, 0.5) is 8.78 Å². The number of likely N-dealkylation sites (tertiary alicyclic amines) is 1. The third-order valence-corrected chi connectivity index (χ3v) is 4.62. The van der Waals surface area contributed by atoms with Gasteiger partial charge in [0.2, 0.25) is 0 Å². The van der Waals surface area contributed by atoms with E-state index in [1.807, 2.05) is 6.92 Å². The topological polar surface area (TPSA) is 78.4 Å². The van der Waals surface area contributed by atoms with Crippen molar-refractivity contribution in [1.82, 2.24) is 20.2 Å². The van der Waals surface area contributed by atoms with E-state index in [2.05, 4.69) is 15.3 Å². The summed E-state index contributed by atoms with van der Waals surface area (Å²) in [5, 5.41) is 13.8. The van der Waals surface area contributed by atoms with Crippen molar-refractivity contribution >= 4 is 5.91 Å². The van der Waals surface area contributed by atoms with Gasteiger partial charge in [-0.05, 0) is 37.5 Å². The van der Waals surface area contributed by atoms with Crippen molar-refractivity contribution in [2.75, 3.05) is 13.1 Å². The van der Waals surface area contributed by atoms with Crippen LogP contribution in [-0.2, 0) is 17.9 Å². The maximum atomic E-state index is 13.4. The van der Waals surface area contributed by atoms with Gasteiger partial charge in [-0.25, -0.2) is 8.78 Å². The molecule has 1 aliphatic heterocycles. The second-order valence-corrected chi connectivity index (χ2v) is 6.86. The van der Waals surface area contributed by atoms with Crippen molar-refractivity contribution in [2.24, 2.45) is 0 Å². The van der Waals surface area contributed by atoms with Gasteiger partial charge in [-0.2, -0.15) is 0 Å². The van der Waals surface area contributed by atoms with Crippen LogP contribution < -0.4 is 5.32 Å². The Balaban J connectivity index is 1.60. The molecule has 1 aromatic carbocycles. The van der Waals surface area contributed by atoms with Gasteiger partial charge in [0, 0.05) is 38.6 Å². The molecule has 6 nitrogen and oxygen atoms in total. The standard InChI is InChI=1S/C19H22F2N4O2/c1-13-8-24-15(10-23-13)9-22-12-19(27)5-2-6-25(18(19)26)11-14-3-4-16(20)17(21)7-14/h3-4,7-8,10,22,27H,2,5-6,9,11-12H2,1H3/t19-/m1/s1. The fourth-order valence-electron chi connectivity index (χ4n) is 3.15. The smallest absolute Gasteiger partial charge is 0.256 e. The second kappa shape index (κ2) is 8.06. The van der Waals surface area contributed by atoms with Gasteiger partial charge in [-0.1, -0.05) is 6.07 Å². The highest BCUT2D eigenvalue weighted by Gasteiger charge is 2.41. The van der Waals surface area contributed by atoms with Gasteiger partial charge in [0.25, 0.3) is 5.91 Å². The van der Waals surface area contributed by atoms with Gasteiger partial charge in [0.05, 0.1) is 11.4 Å². The number of aryl methyl sites for hydroxylation is 1. The summed E-state index contributed by atoms with van der Waals surface area (Å²) in [6, 6.07) is 3.55. The number of hydrogen-bond donors (Lipinski definition) is 2. The molecule has 0 saturated carbocycles. The first-order valence-corrected chi connectivity index (χ1v) is 8.81. The fraction of sp³-hybridized carbons (Fsp3) is 0.421. The SMILES string of the molecule is Cc1cnc(CNC[C@]2(O)CCCN(Cc3ccc(F)c(F)c3)C2=O)cn1. The minimum absolute atomic E-state index is 0.0790. The predicted molar refractivity (Wildman–Crippen MR) is 94.4 cm³/mol. The van der Waals surface area contributed by atoms with Crippen LogP contribution in [0.3, 0.4) is 0 Å². The molecule has 1 fully saturated rings. The zero-order valence-corrected chi connectivity index (χ0v) is 15.1. The number of halogens is 2. The molecule has 144 valence electrons. The van der Waals surface area contributed by atoms with E-state index >= 15 is 0 Å². The normalized spacial score (nSPS) is 20.1. The first-order chi connectivity index (χ1) is 12.9. The summed E-state index contributed by atoms with van der Waals surface area (Å²) in [4.78, 5) is 22.6. The number of carbonyl (C=O) groups excluding carboxylic acids is 1. The van der Waals surface area contributed by atoms with Crippen LogP contribution in [0.2, 0.25) is 0 Å². The Morgan fingerprint density at radius 2 is 2.07 bits per heavy atom. The highest BCUT2D eigenvalue weighted by atomic mass is 19.2. The maximum absolute atomic E-state index is 13.4. The lowest BCUT2D eigenvalue weighted by Gasteiger charge is -2.38. The van der Waals surface area contributed by atoms with Gasteiger partial charge >= 0.3 is 0 Å². The lowest BCUT2D eigenvalue weighted by atomic mass is 9.91. The Morgan fingerprint density at radius 1 is 1.26 bits per heavy atom. The van der Waals surface area contributed by atoms with Crippen LogP contribution in [0.25, 0.3) is 0 Å². The maximum Gasteiger partial charge on any atom is 0.256 e. The molecule has 0 aliphatic carbocycles. The van der Waals surface area contributed by atoms with Gasteiger partial charge in [-0.15, -0.1) is 0 Å². The van der Waals surface area contributed by atoms with E-state index in [9.17, 15) is 18.7 Å². The molecule has 2 N–H and O–H groups in total. The third-order valence-electron chi connectivity index (χ3n) is 4.62. The van der Waals surface area contributed by atoms with Crippen molar-refractivity contribution in [3.8, 4) is 0 Å². The monoisotopic (exact) mass is 376 g/mol. The van der Waals surface area contributed by atoms with Crippen LogP contribution in [-0.4, -0.2) is 44.6 Å². The Labute approximate surface area is 156 Å². The first-order valence-electron chi connectivity index (χ1n) is 8.81.